The SMILES string of the molecule is COc1ccc(CCN2CC[CH]CC2)cc1OC. The van der Waals surface area contributed by atoms with E-state index in [2.05, 4.69) is 23.5 Å². The molecule has 0 bridgehead atoms. The molecular formula is C15H22NO2. The fourth-order valence-corrected chi connectivity index (χ4v) is 2.35. The molecule has 18 heavy (non-hydrogen) atoms. The van der Waals surface area contributed by atoms with E-state index in [1.54, 1.807) is 14.2 Å². The lowest BCUT2D eigenvalue weighted by atomic mass is 10.1. The van der Waals surface area contributed by atoms with Crippen molar-refractivity contribution in [3.05, 3.63) is 30.2 Å². The molecule has 0 aliphatic carbocycles. The van der Waals surface area contributed by atoms with Crippen LogP contribution in [-0.2, 0) is 6.42 Å². The number of methoxy groups -OCH3 is 2. The third-order valence-corrected chi connectivity index (χ3v) is 3.46. The Hall–Kier alpha value is -1.22. The Morgan fingerprint density at radius 1 is 1.06 bits per heavy atom. The van der Waals surface area contributed by atoms with Gasteiger partial charge in [-0.25, -0.2) is 0 Å². The summed E-state index contributed by atoms with van der Waals surface area (Å²) in [5, 5.41) is 0. The Kier molecular flexibility index (Phi) is 4.88. The average Bonchev–Trinajstić information content (AvgIpc) is 2.45. The normalized spacial score (nSPS) is 16.6. The first-order valence-electron chi connectivity index (χ1n) is 6.58. The molecule has 1 heterocycles. The summed E-state index contributed by atoms with van der Waals surface area (Å²) < 4.78 is 10.6. The van der Waals surface area contributed by atoms with Crippen molar-refractivity contribution in [1.82, 2.24) is 4.90 Å². The number of ether oxygens (including phenoxy) is 2. The van der Waals surface area contributed by atoms with E-state index < -0.39 is 0 Å². The van der Waals surface area contributed by atoms with Crippen molar-refractivity contribution in [1.29, 1.82) is 0 Å². The van der Waals surface area contributed by atoms with Crippen molar-refractivity contribution in [2.45, 2.75) is 19.3 Å². The van der Waals surface area contributed by atoms with Crippen LogP contribution >= 0.6 is 0 Å². The Labute approximate surface area is 110 Å². The van der Waals surface area contributed by atoms with Gasteiger partial charge in [-0.05, 0) is 56.5 Å². The highest BCUT2D eigenvalue weighted by molar-refractivity contribution is 5.42. The van der Waals surface area contributed by atoms with Gasteiger partial charge in [0.05, 0.1) is 14.2 Å². The molecule has 3 nitrogen and oxygen atoms in total. The fraction of sp³-hybridized carbons (Fsp3) is 0.533. The van der Waals surface area contributed by atoms with Crippen molar-refractivity contribution in [2.24, 2.45) is 0 Å². The summed E-state index contributed by atoms with van der Waals surface area (Å²) in [7, 11) is 3.35. The number of piperidine rings is 1. The van der Waals surface area contributed by atoms with E-state index in [4.69, 9.17) is 9.47 Å². The molecule has 1 aliphatic heterocycles. The van der Waals surface area contributed by atoms with Crippen molar-refractivity contribution in [3.8, 4) is 11.5 Å². The highest BCUT2D eigenvalue weighted by Gasteiger charge is 2.10. The van der Waals surface area contributed by atoms with Crippen LogP contribution in [0, 0.1) is 6.42 Å². The minimum absolute atomic E-state index is 0.800. The second-order valence-corrected chi connectivity index (χ2v) is 4.65. The van der Waals surface area contributed by atoms with E-state index in [1.165, 1.54) is 31.5 Å². The van der Waals surface area contributed by atoms with Crippen LogP contribution in [0.2, 0.25) is 0 Å². The van der Waals surface area contributed by atoms with Gasteiger partial charge in [0.2, 0.25) is 0 Å². The summed E-state index contributed by atoms with van der Waals surface area (Å²) in [4.78, 5) is 2.52. The van der Waals surface area contributed by atoms with E-state index >= 15 is 0 Å². The van der Waals surface area contributed by atoms with Crippen LogP contribution in [-0.4, -0.2) is 38.8 Å². The third-order valence-electron chi connectivity index (χ3n) is 3.46. The van der Waals surface area contributed by atoms with Crippen LogP contribution < -0.4 is 9.47 Å². The predicted octanol–water partition coefficient (Wildman–Crippen LogP) is 2.55. The molecule has 2 rings (SSSR count). The van der Waals surface area contributed by atoms with Crippen LogP contribution in [0.25, 0.3) is 0 Å². The molecular weight excluding hydrogens is 226 g/mol. The molecule has 0 spiro atoms. The van der Waals surface area contributed by atoms with E-state index in [0.29, 0.717) is 0 Å². The summed E-state index contributed by atoms with van der Waals surface area (Å²) in [6, 6.07) is 6.18. The molecule has 1 aromatic rings. The number of rotatable bonds is 5. The predicted molar refractivity (Wildman–Crippen MR) is 73.2 cm³/mol. The van der Waals surface area contributed by atoms with E-state index in [-0.39, 0.29) is 0 Å². The molecule has 1 saturated heterocycles. The quantitative estimate of drug-likeness (QED) is 0.799. The van der Waals surface area contributed by atoms with Crippen molar-refractivity contribution in [2.75, 3.05) is 33.9 Å². The smallest absolute Gasteiger partial charge is 0.160 e. The van der Waals surface area contributed by atoms with Gasteiger partial charge in [-0.3, -0.25) is 0 Å². The highest BCUT2D eigenvalue weighted by atomic mass is 16.5. The van der Waals surface area contributed by atoms with Gasteiger partial charge in [0, 0.05) is 6.54 Å². The highest BCUT2D eigenvalue weighted by Crippen LogP contribution is 2.27. The van der Waals surface area contributed by atoms with E-state index in [0.717, 1.165) is 24.5 Å². The summed E-state index contributed by atoms with van der Waals surface area (Å²) in [6.07, 6.45) is 5.91. The minimum atomic E-state index is 0.800. The van der Waals surface area contributed by atoms with Crippen LogP contribution in [0.3, 0.4) is 0 Å². The molecule has 0 saturated carbocycles. The monoisotopic (exact) mass is 248 g/mol. The zero-order valence-corrected chi connectivity index (χ0v) is 11.3. The Morgan fingerprint density at radius 2 is 1.78 bits per heavy atom. The molecule has 0 unspecified atom stereocenters. The van der Waals surface area contributed by atoms with Crippen molar-refractivity contribution in [3.63, 3.8) is 0 Å². The first-order valence-corrected chi connectivity index (χ1v) is 6.58. The Balaban J connectivity index is 1.92. The van der Waals surface area contributed by atoms with Crippen LogP contribution in [0.5, 0.6) is 11.5 Å². The van der Waals surface area contributed by atoms with Crippen LogP contribution in [0.4, 0.5) is 0 Å². The lowest BCUT2D eigenvalue weighted by Gasteiger charge is -2.26. The van der Waals surface area contributed by atoms with Gasteiger partial charge < -0.3 is 14.4 Å². The topological polar surface area (TPSA) is 21.7 Å². The number of hydrogen-bond donors (Lipinski definition) is 0. The average molecular weight is 248 g/mol. The first kappa shape index (κ1) is 13.2. The molecule has 0 N–H and O–H groups in total. The molecule has 1 aromatic carbocycles. The maximum Gasteiger partial charge on any atom is 0.160 e. The Morgan fingerprint density at radius 3 is 2.44 bits per heavy atom. The first-order chi connectivity index (χ1) is 8.83. The third kappa shape index (κ3) is 3.39. The lowest BCUT2D eigenvalue weighted by molar-refractivity contribution is 0.257. The second kappa shape index (κ2) is 6.64. The number of hydrogen-bond acceptors (Lipinski definition) is 3. The molecule has 1 aliphatic rings. The standard InChI is InChI=1S/C15H22NO2/c1-17-14-7-6-13(12-15(14)18-2)8-11-16-9-4-3-5-10-16/h3,6-7,12H,4-5,8-11H2,1-2H3. The zero-order chi connectivity index (χ0) is 12.8. The minimum Gasteiger partial charge on any atom is -0.493 e. The Bertz CT molecular complexity index is 373. The summed E-state index contributed by atoms with van der Waals surface area (Å²) in [6.45, 7) is 3.53. The maximum absolute atomic E-state index is 5.33. The summed E-state index contributed by atoms with van der Waals surface area (Å²) in [5.41, 5.74) is 1.31. The van der Waals surface area contributed by atoms with E-state index in [1.807, 2.05) is 6.07 Å². The van der Waals surface area contributed by atoms with Gasteiger partial charge in [-0.2, -0.15) is 0 Å². The van der Waals surface area contributed by atoms with Crippen LogP contribution in [0.15, 0.2) is 18.2 Å². The van der Waals surface area contributed by atoms with Gasteiger partial charge in [0.25, 0.3) is 0 Å². The van der Waals surface area contributed by atoms with Gasteiger partial charge in [-0.15, -0.1) is 0 Å². The molecule has 0 amide bonds. The lowest BCUT2D eigenvalue weighted by Crippen LogP contribution is -2.31. The van der Waals surface area contributed by atoms with E-state index in [9.17, 15) is 0 Å². The number of benzene rings is 1. The van der Waals surface area contributed by atoms with Crippen molar-refractivity contribution >= 4 is 0 Å². The molecule has 1 radical (unpaired) electrons. The van der Waals surface area contributed by atoms with Gasteiger partial charge >= 0.3 is 0 Å². The molecule has 3 heteroatoms. The van der Waals surface area contributed by atoms with Gasteiger partial charge in [0.15, 0.2) is 11.5 Å². The molecule has 0 atom stereocenters. The molecule has 1 fully saturated rings. The molecule has 0 aromatic heterocycles. The summed E-state index contributed by atoms with van der Waals surface area (Å²) >= 11 is 0. The maximum atomic E-state index is 5.33. The second-order valence-electron chi connectivity index (χ2n) is 4.65. The largest absolute Gasteiger partial charge is 0.493 e. The van der Waals surface area contributed by atoms with Gasteiger partial charge in [-0.1, -0.05) is 6.07 Å². The number of nitrogens with zero attached hydrogens (tertiary/aromatic N) is 1. The van der Waals surface area contributed by atoms with Crippen molar-refractivity contribution < 1.29 is 9.47 Å². The molecule has 99 valence electrons. The fourth-order valence-electron chi connectivity index (χ4n) is 2.35. The van der Waals surface area contributed by atoms with Gasteiger partial charge in [0.1, 0.15) is 0 Å². The van der Waals surface area contributed by atoms with Crippen LogP contribution in [0.1, 0.15) is 18.4 Å². The number of likely N-dealkylation sites (tertiary alicyclic amines) is 1. The zero-order valence-electron chi connectivity index (χ0n) is 11.3. The summed E-state index contributed by atoms with van der Waals surface area (Å²) in [5.74, 6) is 1.62.